The second-order valence-corrected chi connectivity index (χ2v) is 6.36. The number of ether oxygens (including phenoxy) is 2. The van der Waals surface area contributed by atoms with Crippen LogP contribution in [0.5, 0.6) is 0 Å². The number of rotatable bonds is 6. The number of carbonyl (C=O) groups excluding carboxylic acids is 1. The molecule has 0 bridgehead atoms. The molecular formula is C15H21BrN2O3. The highest BCUT2D eigenvalue weighted by atomic mass is 79.9. The highest BCUT2D eigenvalue weighted by molar-refractivity contribution is 9.10. The third kappa shape index (κ3) is 4.78. The number of nitrogens with two attached hydrogens (primary N) is 1. The third-order valence-electron chi connectivity index (χ3n) is 3.53. The van der Waals surface area contributed by atoms with Crippen LogP contribution in [0.3, 0.4) is 0 Å². The summed E-state index contributed by atoms with van der Waals surface area (Å²) in [6.07, 6.45) is 0.176. The highest BCUT2D eigenvalue weighted by Crippen LogP contribution is 2.24. The summed E-state index contributed by atoms with van der Waals surface area (Å²) in [5.41, 5.74) is 5.94. The molecule has 0 spiro atoms. The quantitative estimate of drug-likeness (QED) is 0.839. The standard InChI is InChI=1S/C15H21BrN2O3/c1-20-11-15(8-14(17)19)10-18(5-6-21-15)9-12-3-2-4-13(16)7-12/h2-4,7H,5-6,8-11H2,1H3,(H2,17,19)/t15-/m0/s1. The van der Waals surface area contributed by atoms with E-state index in [-0.39, 0.29) is 12.3 Å². The molecule has 21 heavy (non-hydrogen) atoms. The van der Waals surface area contributed by atoms with Gasteiger partial charge < -0.3 is 15.2 Å². The molecule has 1 atom stereocenters. The second kappa shape index (κ2) is 7.35. The Labute approximate surface area is 133 Å². The van der Waals surface area contributed by atoms with E-state index in [2.05, 4.69) is 33.0 Å². The van der Waals surface area contributed by atoms with Crippen molar-refractivity contribution < 1.29 is 14.3 Å². The lowest BCUT2D eigenvalue weighted by Gasteiger charge is -2.41. The maximum atomic E-state index is 11.3. The van der Waals surface area contributed by atoms with E-state index in [1.807, 2.05) is 12.1 Å². The Kier molecular flexibility index (Phi) is 5.75. The topological polar surface area (TPSA) is 64.8 Å². The fourth-order valence-electron chi connectivity index (χ4n) is 2.78. The summed E-state index contributed by atoms with van der Waals surface area (Å²) in [5, 5.41) is 0. The van der Waals surface area contributed by atoms with Crippen LogP contribution in [0.25, 0.3) is 0 Å². The van der Waals surface area contributed by atoms with Gasteiger partial charge in [-0.1, -0.05) is 28.1 Å². The largest absolute Gasteiger partial charge is 0.382 e. The molecule has 6 heteroatoms. The van der Waals surface area contributed by atoms with E-state index < -0.39 is 5.60 Å². The maximum Gasteiger partial charge on any atom is 0.220 e. The minimum atomic E-state index is -0.634. The van der Waals surface area contributed by atoms with Crippen molar-refractivity contribution in [1.29, 1.82) is 0 Å². The molecule has 1 aliphatic rings. The van der Waals surface area contributed by atoms with Gasteiger partial charge in [0.2, 0.25) is 5.91 Å². The zero-order valence-corrected chi connectivity index (χ0v) is 13.8. The zero-order chi connectivity index (χ0) is 15.3. The molecule has 2 N–H and O–H groups in total. The number of primary amides is 1. The molecule has 1 saturated heterocycles. The maximum absolute atomic E-state index is 11.3. The van der Waals surface area contributed by atoms with E-state index in [1.54, 1.807) is 7.11 Å². The summed E-state index contributed by atoms with van der Waals surface area (Å²) in [7, 11) is 1.61. The van der Waals surface area contributed by atoms with Crippen molar-refractivity contribution in [3.05, 3.63) is 34.3 Å². The first kappa shape index (κ1) is 16.4. The van der Waals surface area contributed by atoms with Gasteiger partial charge in [0.1, 0.15) is 5.60 Å². The van der Waals surface area contributed by atoms with E-state index in [0.717, 1.165) is 17.6 Å². The van der Waals surface area contributed by atoms with Crippen molar-refractivity contribution in [2.75, 3.05) is 33.4 Å². The van der Waals surface area contributed by atoms with Crippen molar-refractivity contribution in [3.63, 3.8) is 0 Å². The number of carbonyl (C=O) groups is 1. The van der Waals surface area contributed by atoms with E-state index in [0.29, 0.717) is 19.8 Å². The molecule has 0 radical (unpaired) electrons. The first-order chi connectivity index (χ1) is 10.0. The average Bonchev–Trinajstić information content (AvgIpc) is 2.38. The van der Waals surface area contributed by atoms with Crippen LogP contribution in [0.15, 0.2) is 28.7 Å². The molecule has 0 aliphatic carbocycles. The molecule has 5 nitrogen and oxygen atoms in total. The molecule has 1 aromatic carbocycles. The van der Waals surface area contributed by atoms with Gasteiger partial charge in [-0.3, -0.25) is 9.69 Å². The van der Waals surface area contributed by atoms with Crippen molar-refractivity contribution in [1.82, 2.24) is 4.90 Å². The third-order valence-corrected chi connectivity index (χ3v) is 4.02. The fourth-order valence-corrected chi connectivity index (χ4v) is 3.22. The minimum Gasteiger partial charge on any atom is -0.382 e. The van der Waals surface area contributed by atoms with Crippen LogP contribution in [-0.4, -0.2) is 49.8 Å². The van der Waals surface area contributed by atoms with E-state index in [1.165, 1.54) is 5.56 Å². The Morgan fingerprint density at radius 2 is 2.38 bits per heavy atom. The van der Waals surface area contributed by atoms with Crippen LogP contribution in [0.2, 0.25) is 0 Å². The molecule has 0 aromatic heterocycles. The number of methoxy groups -OCH3 is 1. The SMILES string of the molecule is COC[C@]1(CC(N)=O)CN(Cc2cccc(Br)c2)CCO1. The molecule has 1 fully saturated rings. The molecular weight excluding hydrogens is 336 g/mol. The fraction of sp³-hybridized carbons (Fsp3) is 0.533. The van der Waals surface area contributed by atoms with Crippen LogP contribution in [-0.2, 0) is 20.8 Å². The molecule has 1 heterocycles. The smallest absolute Gasteiger partial charge is 0.220 e. The van der Waals surface area contributed by atoms with Gasteiger partial charge in [-0.25, -0.2) is 0 Å². The highest BCUT2D eigenvalue weighted by Gasteiger charge is 2.38. The van der Waals surface area contributed by atoms with Crippen LogP contribution in [0.1, 0.15) is 12.0 Å². The van der Waals surface area contributed by atoms with Gasteiger partial charge in [-0.05, 0) is 17.7 Å². The van der Waals surface area contributed by atoms with Crippen LogP contribution >= 0.6 is 15.9 Å². The lowest BCUT2D eigenvalue weighted by atomic mass is 9.97. The number of nitrogens with zero attached hydrogens (tertiary/aromatic N) is 1. The van der Waals surface area contributed by atoms with Crippen LogP contribution in [0.4, 0.5) is 0 Å². The monoisotopic (exact) mass is 356 g/mol. The number of hydrogen-bond donors (Lipinski definition) is 1. The Morgan fingerprint density at radius 3 is 3.05 bits per heavy atom. The number of morpholine rings is 1. The summed E-state index contributed by atoms with van der Waals surface area (Å²) >= 11 is 3.48. The van der Waals surface area contributed by atoms with Crippen molar-refractivity contribution >= 4 is 21.8 Å². The van der Waals surface area contributed by atoms with Crippen molar-refractivity contribution in [3.8, 4) is 0 Å². The van der Waals surface area contributed by atoms with Gasteiger partial charge in [-0.2, -0.15) is 0 Å². The first-order valence-electron chi connectivity index (χ1n) is 6.91. The predicted octanol–water partition coefficient (Wildman–Crippen LogP) is 1.54. The molecule has 2 rings (SSSR count). The number of hydrogen-bond acceptors (Lipinski definition) is 4. The van der Waals surface area contributed by atoms with E-state index in [4.69, 9.17) is 15.2 Å². The summed E-state index contributed by atoms with van der Waals surface area (Å²) < 4.78 is 12.1. The Morgan fingerprint density at radius 1 is 1.57 bits per heavy atom. The van der Waals surface area contributed by atoms with Gasteiger partial charge in [0.05, 0.1) is 19.6 Å². The second-order valence-electron chi connectivity index (χ2n) is 5.45. The lowest BCUT2D eigenvalue weighted by Crippen LogP contribution is -2.55. The number of amides is 1. The van der Waals surface area contributed by atoms with Gasteiger partial charge in [0.25, 0.3) is 0 Å². The van der Waals surface area contributed by atoms with E-state index >= 15 is 0 Å². The Hall–Kier alpha value is -0.950. The van der Waals surface area contributed by atoms with Gasteiger partial charge >= 0.3 is 0 Å². The molecule has 1 aliphatic heterocycles. The Bertz CT molecular complexity index is 494. The molecule has 1 aromatic rings. The average molecular weight is 357 g/mol. The van der Waals surface area contributed by atoms with Gasteiger partial charge in [0.15, 0.2) is 0 Å². The predicted molar refractivity (Wildman–Crippen MR) is 83.8 cm³/mol. The molecule has 0 saturated carbocycles. The molecule has 0 unspecified atom stereocenters. The first-order valence-corrected chi connectivity index (χ1v) is 7.70. The zero-order valence-electron chi connectivity index (χ0n) is 12.2. The van der Waals surface area contributed by atoms with Crippen LogP contribution < -0.4 is 5.73 Å². The number of benzene rings is 1. The lowest BCUT2D eigenvalue weighted by molar-refractivity contribution is -0.154. The van der Waals surface area contributed by atoms with E-state index in [9.17, 15) is 4.79 Å². The summed E-state index contributed by atoms with van der Waals surface area (Å²) in [4.78, 5) is 13.6. The van der Waals surface area contributed by atoms with Crippen LogP contribution in [0, 0.1) is 0 Å². The minimum absolute atomic E-state index is 0.176. The summed E-state index contributed by atoms with van der Waals surface area (Å²) in [6, 6.07) is 8.21. The van der Waals surface area contributed by atoms with Crippen molar-refractivity contribution in [2.24, 2.45) is 5.73 Å². The summed E-state index contributed by atoms with van der Waals surface area (Å²) in [6.45, 7) is 3.22. The molecule has 1 amide bonds. The summed E-state index contributed by atoms with van der Waals surface area (Å²) in [5.74, 6) is -0.364. The van der Waals surface area contributed by atoms with Gasteiger partial charge in [-0.15, -0.1) is 0 Å². The van der Waals surface area contributed by atoms with Crippen molar-refractivity contribution in [2.45, 2.75) is 18.6 Å². The molecule has 116 valence electrons. The Balaban J connectivity index is 2.06. The number of halogens is 1. The van der Waals surface area contributed by atoms with Gasteiger partial charge in [0, 0.05) is 31.2 Å². The normalized spacial score (nSPS) is 23.1.